The third kappa shape index (κ3) is 2.12. The molecule has 0 radical (unpaired) electrons. The molecule has 1 rings (SSSR count). The van der Waals surface area contributed by atoms with Gasteiger partial charge in [-0.25, -0.2) is 8.78 Å². The summed E-state index contributed by atoms with van der Waals surface area (Å²) in [7, 11) is 0. The normalized spacial score (nSPS) is 31.1. The number of alkyl halides is 2. The first-order valence-electron chi connectivity index (χ1n) is 4.17. The molecule has 0 bridgehead atoms. The van der Waals surface area contributed by atoms with Gasteiger partial charge >= 0.3 is 0 Å². The first-order chi connectivity index (χ1) is 5.05. The fraction of sp³-hybridized carbons (Fsp3) is 1.00. The van der Waals surface area contributed by atoms with E-state index in [1.54, 1.807) is 0 Å². The highest BCUT2D eigenvalue weighted by molar-refractivity contribution is 4.87. The van der Waals surface area contributed by atoms with E-state index in [4.69, 9.17) is 0 Å². The van der Waals surface area contributed by atoms with Crippen molar-refractivity contribution >= 4 is 0 Å². The standard InChI is InChI=1S/C8H15F2N/c1-3-4-11-6-8(9,10)5-7(11)2/h7H,3-6H2,1-2H3. The van der Waals surface area contributed by atoms with Crippen molar-refractivity contribution in [3.05, 3.63) is 0 Å². The van der Waals surface area contributed by atoms with E-state index in [1.807, 2.05) is 18.7 Å². The second-order valence-electron chi connectivity index (χ2n) is 3.38. The van der Waals surface area contributed by atoms with Crippen molar-refractivity contribution in [1.29, 1.82) is 0 Å². The van der Waals surface area contributed by atoms with E-state index in [-0.39, 0.29) is 19.0 Å². The molecule has 11 heavy (non-hydrogen) atoms. The molecule has 0 amide bonds. The van der Waals surface area contributed by atoms with Crippen LogP contribution in [0.25, 0.3) is 0 Å². The van der Waals surface area contributed by atoms with Crippen LogP contribution in [-0.4, -0.2) is 30.0 Å². The van der Waals surface area contributed by atoms with Gasteiger partial charge in [-0.3, -0.25) is 4.90 Å². The number of likely N-dealkylation sites (tertiary alicyclic amines) is 1. The van der Waals surface area contributed by atoms with Crippen LogP contribution < -0.4 is 0 Å². The molecule has 1 fully saturated rings. The maximum Gasteiger partial charge on any atom is 0.262 e. The maximum atomic E-state index is 12.7. The lowest BCUT2D eigenvalue weighted by Gasteiger charge is -2.18. The topological polar surface area (TPSA) is 3.24 Å². The van der Waals surface area contributed by atoms with Crippen molar-refractivity contribution < 1.29 is 8.78 Å². The summed E-state index contributed by atoms with van der Waals surface area (Å²) in [4.78, 5) is 1.86. The Morgan fingerprint density at radius 1 is 1.55 bits per heavy atom. The van der Waals surface area contributed by atoms with Crippen molar-refractivity contribution in [2.24, 2.45) is 0 Å². The van der Waals surface area contributed by atoms with Crippen LogP contribution in [-0.2, 0) is 0 Å². The highest BCUT2D eigenvalue weighted by atomic mass is 19.3. The largest absolute Gasteiger partial charge is 0.295 e. The molecule has 0 aromatic rings. The SMILES string of the molecule is CCCN1CC(F)(F)CC1C. The number of nitrogens with zero attached hydrogens (tertiary/aromatic N) is 1. The van der Waals surface area contributed by atoms with Gasteiger partial charge in [0.25, 0.3) is 5.92 Å². The van der Waals surface area contributed by atoms with Gasteiger partial charge in [0, 0.05) is 12.5 Å². The van der Waals surface area contributed by atoms with Gasteiger partial charge in [-0.2, -0.15) is 0 Å². The zero-order valence-corrected chi connectivity index (χ0v) is 7.11. The van der Waals surface area contributed by atoms with Crippen LogP contribution in [0.4, 0.5) is 8.78 Å². The number of hydrogen-bond donors (Lipinski definition) is 0. The lowest BCUT2D eigenvalue weighted by atomic mass is 10.2. The summed E-state index contributed by atoms with van der Waals surface area (Å²) in [5.41, 5.74) is 0. The molecule has 1 aliphatic heterocycles. The zero-order valence-electron chi connectivity index (χ0n) is 7.11. The molecule has 1 nitrogen and oxygen atoms in total. The average Bonchev–Trinajstić information content (AvgIpc) is 2.07. The van der Waals surface area contributed by atoms with Crippen LogP contribution in [0, 0.1) is 0 Å². The molecule has 1 heterocycles. The Morgan fingerprint density at radius 3 is 2.55 bits per heavy atom. The van der Waals surface area contributed by atoms with E-state index in [2.05, 4.69) is 0 Å². The first kappa shape index (κ1) is 8.91. The number of hydrogen-bond acceptors (Lipinski definition) is 1. The van der Waals surface area contributed by atoms with Gasteiger partial charge in [-0.1, -0.05) is 6.92 Å². The molecule has 1 aliphatic rings. The van der Waals surface area contributed by atoms with E-state index >= 15 is 0 Å². The molecule has 66 valence electrons. The third-order valence-corrected chi connectivity index (χ3v) is 2.16. The minimum Gasteiger partial charge on any atom is -0.295 e. The van der Waals surface area contributed by atoms with Gasteiger partial charge in [0.2, 0.25) is 0 Å². The summed E-state index contributed by atoms with van der Waals surface area (Å²) in [6, 6.07) is 0.0601. The van der Waals surface area contributed by atoms with Gasteiger partial charge < -0.3 is 0 Å². The van der Waals surface area contributed by atoms with Gasteiger partial charge in [-0.15, -0.1) is 0 Å². The van der Waals surface area contributed by atoms with Crippen LogP contribution in [0.3, 0.4) is 0 Å². The Bertz CT molecular complexity index is 136. The highest BCUT2D eigenvalue weighted by Crippen LogP contribution is 2.31. The molecule has 0 N–H and O–H groups in total. The van der Waals surface area contributed by atoms with E-state index in [1.165, 1.54) is 0 Å². The summed E-state index contributed by atoms with van der Waals surface area (Å²) < 4.78 is 25.5. The second kappa shape index (κ2) is 3.05. The Balaban J connectivity index is 2.45. The van der Waals surface area contributed by atoms with Gasteiger partial charge in [0.1, 0.15) is 0 Å². The Labute approximate surface area is 66.4 Å². The maximum absolute atomic E-state index is 12.7. The molecule has 1 atom stereocenters. The van der Waals surface area contributed by atoms with Crippen LogP contribution >= 0.6 is 0 Å². The summed E-state index contributed by atoms with van der Waals surface area (Å²) in [5, 5.41) is 0. The lowest BCUT2D eigenvalue weighted by Crippen LogP contribution is -2.29. The number of halogens is 2. The smallest absolute Gasteiger partial charge is 0.262 e. The van der Waals surface area contributed by atoms with Crippen molar-refractivity contribution in [2.45, 2.75) is 38.7 Å². The van der Waals surface area contributed by atoms with Crippen LogP contribution in [0.1, 0.15) is 26.7 Å². The van der Waals surface area contributed by atoms with Crippen molar-refractivity contribution in [1.82, 2.24) is 4.90 Å². The molecule has 0 spiro atoms. The molecule has 0 aromatic heterocycles. The molecule has 1 saturated heterocycles. The minimum atomic E-state index is -2.44. The summed E-state index contributed by atoms with van der Waals surface area (Å²) in [6.07, 6.45) is 0.993. The van der Waals surface area contributed by atoms with Crippen molar-refractivity contribution in [3.8, 4) is 0 Å². The Hall–Kier alpha value is -0.180. The third-order valence-electron chi connectivity index (χ3n) is 2.16. The summed E-state index contributed by atoms with van der Waals surface area (Å²) in [6.45, 7) is 4.65. The molecule has 1 unspecified atom stereocenters. The highest BCUT2D eigenvalue weighted by Gasteiger charge is 2.42. The molecule has 0 saturated carbocycles. The summed E-state index contributed by atoms with van der Waals surface area (Å²) >= 11 is 0. The fourth-order valence-electron chi connectivity index (χ4n) is 1.67. The predicted octanol–water partition coefficient (Wildman–Crippen LogP) is 2.13. The first-order valence-corrected chi connectivity index (χ1v) is 4.17. The lowest BCUT2D eigenvalue weighted by molar-refractivity contribution is 0.0121. The van der Waals surface area contributed by atoms with E-state index in [0.717, 1.165) is 13.0 Å². The monoisotopic (exact) mass is 163 g/mol. The zero-order chi connectivity index (χ0) is 8.48. The Kier molecular flexibility index (Phi) is 2.47. The van der Waals surface area contributed by atoms with Gasteiger partial charge in [-0.05, 0) is 19.9 Å². The average molecular weight is 163 g/mol. The molecule has 0 aromatic carbocycles. The van der Waals surface area contributed by atoms with Crippen molar-refractivity contribution in [3.63, 3.8) is 0 Å². The second-order valence-corrected chi connectivity index (χ2v) is 3.38. The minimum absolute atomic E-state index is 0.0347. The van der Waals surface area contributed by atoms with Crippen LogP contribution in [0.2, 0.25) is 0 Å². The van der Waals surface area contributed by atoms with Crippen molar-refractivity contribution in [2.75, 3.05) is 13.1 Å². The molecule has 3 heteroatoms. The predicted molar refractivity (Wildman–Crippen MR) is 40.9 cm³/mol. The van der Waals surface area contributed by atoms with Gasteiger partial charge in [0.05, 0.1) is 6.54 Å². The fourth-order valence-corrected chi connectivity index (χ4v) is 1.67. The molecular formula is C8H15F2N. The van der Waals surface area contributed by atoms with E-state index in [0.29, 0.717) is 0 Å². The van der Waals surface area contributed by atoms with E-state index in [9.17, 15) is 8.78 Å². The van der Waals surface area contributed by atoms with Crippen LogP contribution in [0.15, 0.2) is 0 Å². The van der Waals surface area contributed by atoms with E-state index < -0.39 is 5.92 Å². The number of rotatable bonds is 2. The summed E-state index contributed by atoms with van der Waals surface area (Å²) in [5.74, 6) is -2.44. The molecule has 0 aliphatic carbocycles. The molecular weight excluding hydrogens is 148 g/mol. The Morgan fingerprint density at radius 2 is 2.18 bits per heavy atom. The van der Waals surface area contributed by atoms with Crippen LogP contribution in [0.5, 0.6) is 0 Å². The quantitative estimate of drug-likeness (QED) is 0.602. The van der Waals surface area contributed by atoms with Gasteiger partial charge in [0.15, 0.2) is 0 Å².